The van der Waals surface area contributed by atoms with Gasteiger partial charge in [-0.1, -0.05) is 6.42 Å². The lowest BCUT2D eigenvalue weighted by Crippen LogP contribution is -2.41. The van der Waals surface area contributed by atoms with Crippen molar-refractivity contribution >= 4 is 23.8 Å². The van der Waals surface area contributed by atoms with Gasteiger partial charge in [-0.15, -0.1) is 0 Å². The van der Waals surface area contributed by atoms with Crippen LogP contribution in [0.2, 0.25) is 0 Å². The summed E-state index contributed by atoms with van der Waals surface area (Å²) in [6, 6.07) is -0.163. The normalized spacial score (nSPS) is 10.1. The molecule has 2 amide bonds. The number of hydrogen-bond donors (Lipinski definition) is 2. The Morgan fingerprint density at radius 3 is 2.56 bits per heavy atom. The van der Waals surface area contributed by atoms with Crippen LogP contribution in [0.25, 0.3) is 0 Å². The number of carboxylic acid groups (broad SMARTS) is 1. The minimum Gasteiger partial charge on any atom is -0.481 e. The molecular weight excluding hydrogens is 252 g/mol. The van der Waals surface area contributed by atoms with E-state index >= 15 is 0 Å². The van der Waals surface area contributed by atoms with E-state index in [9.17, 15) is 9.59 Å². The molecule has 0 aromatic carbocycles. The zero-order valence-electron chi connectivity index (χ0n) is 11.3. The zero-order chi connectivity index (χ0) is 13.8. The Morgan fingerprint density at radius 1 is 1.28 bits per heavy atom. The highest BCUT2D eigenvalue weighted by atomic mass is 32.2. The van der Waals surface area contributed by atoms with Gasteiger partial charge in [-0.2, -0.15) is 11.8 Å². The summed E-state index contributed by atoms with van der Waals surface area (Å²) in [5.74, 6) is 0.284. The molecule has 0 fully saturated rings. The molecule has 0 aromatic heterocycles. The fraction of sp³-hybridized carbons (Fsp3) is 0.833. The SMILES string of the molecule is CCN(CCC(=O)O)C(=O)NCCCCCSC. The van der Waals surface area contributed by atoms with Gasteiger partial charge >= 0.3 is 12.0 Å². The van der Waals surface area contributed by atoms with Crippen molar-refractivity contribution in [2.45, 2.75) is 32.6 Å². The zero-order valence-corrected chi connectivity index (χ0v) is 12.1. The number of carbonyl (C=O) groups is 2. The Labute approximate surface area is 113 Å². The summed E-state index contributed by atoms with van der Waals surface area (Å²) in [6.45, 7) is 3.31. The first-order valence-electron chi connectivity index (χ1n) is 6.35. The molecular formula is C12H24N2O3S. The number of amides is 2. The molecule has 2 N–H and O–H groups in total. The average Bonchev–Trinajstić information content (AvgIpc) is 2.34. The van der Waals surface area contributed by atoms with Gasteiger partial charge in [-0.25, -0.2) is 4.79 Å². The van der Waals surface area contributed by atoms with E-state index in [4.69, 9.17) is 5.11 Å². The second-order valence-corrected chi connectivity index (χ2v) is 4.99. The van der Waals surface area contributed by atoms with E-state index in [2.05, 4.69) is 11.6 Å². The maximum atomic E-state index is 11.7. The molecule has 18 heavy (non-hydrogen) atoms. The standard InChI is InChI=1S/C12H24N2O3S/c1-3-14(9-7-11(15)16)12(17)13-8-5-4-6-10-18-2/h3-10H2,1-2H3,(H,13,17)(H,15,16). The van der Waals surface area contributed by atoms with Crippen molar-refractivity contribution in [1.29, 1.82) is 0 Å². The molecule has 0 heterocycles. The van der Waals surface area contributed by atoms with Crippen molar-refractivity contribution in [3.05, 3.63) is 0 Å². The number of hydrogen-bond acceptors (Lipinski definition) is 3. The van der Waals surface area contributed by atoms with Gasteiger partial charge in [0, 0.05) is 19.6 Å². The molecule has 0 aliphatic heterocycles. The predicted octanol–water partition coefficient (Wildman–Crippen LogP) is 2.03. The quantitative estimate of drug-likeness (QED) is 0.599. The summed E-state index contributed by atoms with van der Waals surface area (Å²) in [4.78, 5) is 23.7. The van der Waals surface area contributed by atoms with Gasteiger partial charge in [0.25, 0.3) is 0 Å². The van der Waals surface area contributed by atoms with Gasteiger partial charge in [0.2, 0.25) is 0 Å². The first-order chi connectivity index (χ1) is 8.61. The predicted molar refractivity (Wildman–Crippen MR) is 75.1 cm³/mol. The van der Waals surface area contributed by atoms with Gasteiger partial charge in [0.05, 0.1) is 6.42 Å². The summed E-state index contributed by atoms with van der Waals surface area (Å²) < 4.78 is 0. The van der Waals surface area contributed by atoms with Crippen molar-refractivity contribution in [2.75, 3.05) is 31.6 Å². The Balaban J connectivity index is 3.66. The van der Waals surface area contributed by atoms with Gasteiger partial charge in [0.1, 0.15) is 0 Å². The maximum absolute atomic E-state index is 11.7. The van der Waals surface area contributed by atoms with E-state index in [1.165, 1.54) is 11.3 Å². The van der Waals surface area contributed by atoms with Crippen LogP contribution in [0.4, 0.5) is 4.79 Å². The van der Waals surface area contributed by atoms with Crippen molar-refractivity contribution in [2.24, 2.45) is 0 Å². The molecule has 0 radical (unpaired) electrons. The monoisotopic (exact) mass is 276 g/mol. The van der Waals surface area contributed by atoms with E-state index in [1.807, 2.05) is 18.7 Å². The summed E-state index contributed by atoms with van der Waals surface area (Å²) in [7, 11) is 0. The van der Waals surface area contributed by atoms with E-state index in [0.717, 1.165) is 18.6 Å². The molecule has 0 unspecified atom stereocenters. The highest BCUT2D eigenvalue weighted by Gasteiger charge is 2.11. The number of thioether (sulfide) groups is 1. The van der Waals surface area contributed by atoms with Crippen LogP contribution >= 0.6 is 11.8 Å². The molecule has 0 saturated carbocycles. The van der Waals surface area contributed by atoms with Gasteiger partial charge < -0.3 is 15.3 Å². The number of nitrogens with one attached hydrogen (secondary N) is 1. The van der Waals surface area contributed by atoms with E-state index in [-0.39, 0.29) is 19.0 Å². The topological polar surface area (TPSA) is 69.6 Å². The molecule has 0 rings (SSSR count). The fourth-order valence-electron chi connectivity index (χ4n) is 1.49. The molecule has 0 aliphatic rings. The Morgan fingerprint density at radius 2 is 2.00 bits per heavy atom. The first kappa shape index (κ1) is 17.1. The molecule has 5 nitrogen and oxygen atoms in total. The minimum atomic E-state index is -0.877. The Bertz CT molecular complexity index is 249. The van der Waals surface area contributed by atoms with Crippen molar-refractivity contribution in [1.82, 2.24) is 10.2 Å². The Kier molecular flexibility index (Phi) is 10.6. The number of aliphatic carboxylic acids is 1. The average molecular weight is 276 g/mol. The van der Waals surface area contributed by atoms with Crippen LogP contribution in [-0.2, 0) is 4.79 Å². The van der Waals surface area contributed by atoms with E-state index < -0.39 is 5.97 Å². The van der Waals surface area contributed by atoms with Gasteiger partial charge in [0.15, 0.2) is 0 Å². The van der Waals surface area contributed by atoms with Crippen LogP contribution < -0.4 is 5.32 Å². The molecule has 6 heteroatoms. The lowest BCUT2D eigenvalue weighted by Gasteiger charge is -2.20. The highest BCUT2D eigenvalue weighted by Crippen LogP contribution is 2.01. The first-order valence-corrected chi connectivity index (χ1v) is 7.74. The molecule has 0 saturated heterocycles. The van der Waals surface area contributed by atoms with E-state index in [1.54, 1.807) is 0 Å². The summed E-state index contributed by atoms with van der Waals surface area (Å²) >= 11 is 1.83. The number of carbonyl (C=O) groups excluding carboxylic acids is 1. The molecule has 0 aliphatic carbocycles. The second kappa shape index (κ2) is 11.2. The molecule has 0 atom stereocenters. The lowest BCUT2D eigenvalue weighted by molar-refractivity contribution is -0.137. The van der Waals surface area contributed by atoms with E-state index in [0.29, 0.717) is 13.1 Å². The summed E-state index contributed by atoms with van der Waals surface area (Å²) in [5.41, 5.74) is 0. The third kappa shape index (κ3) is 9.15. The van der Waals surface area contributed by atoms with Crippen LogP contribution in [0, 0.1) is 0 Å². The number of urea groups is 1. The lowest BCUT2D eigenvalue weighted by atomic mass is 10.2. The third-order valence-corrected chi connectivity index (χ3v) is 3.26. The largest absolute Gasteiger partial charge is 0.481 e. The Hall–Kier alpha value is -0.910. The minimum absolute atomic E-state index is 0.00498. The number of carboxylic acids is 1. The number of rotatable bonds is 10. The highest BCUT2D eigenvalue weighted by molar-refractivity contribution is 7.98. The van der Waals surface area contributed by atoms with Crippen molar-refractivity contribution in [3.63, 3.8) is 0 Å². The van der Waals surface area contributed by atoms with Gasteiger partial charge in [-0.3, -0.25) is 4.79 Å². The second-order valence-electron chi connectivity index (χ2n) is 4.01. The summed E-state index contributed by atoms with van der Waals surface area (Å²) in [5, 5.41) is 11.4. The number of nitrogens with zero attached hydrogens (tertiary/aromatic N) is 1. The van der Waals surface area contributed by atoms with Crippen molar-refractivity contribution < 1.29 is 14.7 Å². The molecule has 106 valence electrons. The number of unbranched alkanes of at least 4 members (excludes halogenated alkanes) is 2. The smallest absolute Gasteiger partial charge is 0.317 e. The van der Waals surface area contributed by atoms with Crippen LogP contribution in [0.3, 0.4) is 0 Å². The molecule has 0 spiro atoms. The maximum Gasteiger partial charge on any atom is 0.317 e. The van der Waals surface area contributed by atoms with Gasteiger partial charge in [-0.05, 0) is 31.8 Å². The summed E-state index contributed by atoms with van der Waals surface area (Å²) in [6.07, 6.45) is 5.34. The van der Waals surface area contributed by atoms with Crippen LogP contribution in [0.15, 0.2) is 0 Å². The molecule has 0 aromatic rings. The van der Waals surface area contributed by atoms with Crippen LogP contribution in [0.5, 0.6) is 0 Å². The van der Waals surface area contributed by atoms with Crippen molar-refractivity contribution in [3.8, 4) is 0 Å². The van der Waals surface area contributed by atoms with Crippen LogP contribution in [0.1, 0.15) is 32.6 Å². The van der Waals surface area contributed by atoms with Crippen LogP contribution in [-0.4, -0.2) is 53.6 Å². The fourth-order valence-corrected chi connectivity index (χ4v) is 1.98. The third-order valence-electron chi connectivity index (χ3n) is 2.57. The molecule has 0 bridgehead atoms.